The smallest absolute Gasteiger partial charge is 0.0720 e. The van der Waals surface area contributed by atoms with E-state index in [-0.39, 0.29) is 11.6 Å². The van der Waals surface area contributed by atoms with E-state index < -0.39 is 0 Å². The molecule has 0 radical (unpaired) electrons. The molecule has 1 atom stereocenters. The van der Waals surface area contributed by atoms with Crippen molar-refractivity contribution in [1.29, 1.82) is 0 Å². The van der Waals surface area contributed by atoms with Crippen LogP contribution in [0.5, 0.6) is 0 Å². The zero-order valence-corrected chi connectivity index (χ0v) is 11.4. The van der Waals surface area contributed by atoms with Crippen LogP contribution in [0.15, 0.2) is 30.3 Å². The van der Waals surface area contributed by atoms with Gasteiger partial charge in [0.25, 0.3) is 0 Å². The van der Waals surface area contributed by atoms with Crippen molar-refractivity contribution in [2.45, 2.75) is 38.5 Å². The highest BCUT2D eigenvalue weighted by molar-refractivity contribution is 5.14. The Kier molecular flexibility index (Phi) is 4.38. The van der Waals surface area contributed by atoms with Crippen molar-refractivity contribution in [3.05, 3.63) is 35.9 Å². The van der Waals surface area contributed by atoms with Gasteiger partial charge in [0, 0.05) is 25.2 Å². The van der Waals surface area contributed by atoms with Crippen molar-refractivity contribution in [2.75, 3.05) is 19.7 Å². The van der Waals surface area contributed by atoms with Gasteiger partial charge >= 0.3 is 0 Å². The maximum absolute atomic E-state index is 6.07. The Balaban J connectivity index is 1.87. The minimum atomic E-state index is -0.152. The van der Waals surface area contributed by atoms with Gasteiger partial charge in [-0.15, -0.1) is 0 Å². The second-order valence-electron chi connectivity index (χ2n) is 5.91. The summed E-state index contributed by atoms with van der Waals surface area (Å²) in [5, 5.41) is 0. The molecule has 1 unspecified atom stereocenters. The molecule has 18 heavy (non-hydrogen) atoms. The summed E-state index contributed by atoms with van der Waals surface area (Å²) >= 11 is 0. The average Bonchev–Trinajstić information content (AvgIpc) is 2.28. The summed E-state index contributed by atoms with van der Waals surface area (Å²) in [6.45, 7) is 7.93. The van der Waals surface area contributed by atoms with E-state index in [1.165, 1.54) is 5.56 Å². The zero-order valence-electron chi connectivity index (χ0n) is 11.4. The Labute approximate surface area is 110 Å². The topological polar surface area (TPSA) is 38.5 Å². The summed E-state index contributed by atoms with van der Waals surface area (Å²) in [7, 11) is 0. The van der Waals surface area contributed by atoms with Crippen LogP contribution in [0.4, 0.5) is 0 Å². The number of nitrogens with two attached hydrogens (primary N) is 1. The predicted octanol–water partition coefficient (Wildman–Crippen LogP) is 2.01. The van der Waals surface area contributed by atoms with Crippen molar-refractivity contribution in [3.8, 4) is 0 Å². The summed E-state index contributed by atoms with van der Waals surface area (Å²) < 4.78 is 5.80. The van der Waals surface area contributed by atoms with Crippen LogP contribution in [-0.4, -0.2) is 36.2 Å². The molecule has 0 aliphatic carbocycles. The van der Waals surface area contributed by atoms with Crippen molar-refractivity contribution in [3.63, 3.8) is 0 Å². The fourth-order valence-electron chi connectivity index (χ4n) is 2.48. The van der Waals surface area contributed by atoms with Gasteiger partial charge in [-0.1, -0.05) is 30.3 Å². The van der Waals surface area contributed by atoms with Crippen LogP contribution < -0.4 is 5.73 Å². The number of ether oxygens (including phenoxy) is 1. The quantitative estimate of drug-likeness (QED) is 0.886. The molecule has 0 bridgehead atoms. The first-order valence-corrected chi connectivity index (χ1v) is 6.70. The van der Waals surface area contributed by atoms with E-state index in [0.717, 1.165) is 32.7 Å². The van der Waals surface area contributed by atoms with Crippen LogP contribution in [0.2, 0.25) is 0 Å². The molecule has 0 spiro atoms. The van der Waals surface area contributed by atoms with E-state index >= 15 is 0 Å². The first-order valence-electron chi connectivity index (χ1n) is 6.70. The van der Waals surface area contributed by atoms with E-state index in [1.54, 1.807) is 0 Å². The number of hydrogen-bond acceptors (Lipinski definition) is 3. The molecule has 2 rings (SSSR count). The normalized spacial score (nSPS) is 22.1. The van der Waals surface area contributed by atoms with Gasteiger partial charge in [-0.2, -0.15) is 0 Å². The van der Waals surface area contributed by atoms with Gasteiger partial charge in [-0.25, -0.2) is 0 Å². The van der Waals surface area contributed by atoms with E-state index in [4.69, 9.17) is 10.5 Å². The van der Waals surface area contributed by atoms with Crippen LogP contribution in [0.3, 0.4) is 0 Å². The minimum absolute atomic E-state index is 0.152. The Morgan fingerprint density at radius 3 is 2.72 bits per heavy atom. The maximum atomic E-state index is 6.07. The standard InChI is InChI=1S/C15H24N2O/c1-15(2,16)10-14-12-17(8-9-18-14)11-13-6-4-3-5-7-13/h3-7,14H,8-12,16H2,1-2H3. The Morgan fingerprint density at radius 1 is 1.33 bits per heavy atom. The molecule has 1 aliphatic heterocycles. The number of morpholine rings is 1. The van der Waals surface area contributed by atoms with E-state index in [9.17, 15) is 0 Å². The van der Waals surface area contributed by atoms with Crippen molar-refractivity contribution in [1.82, 2.24) is 4.90 Å². The first-order chi connectivity index (χ1) is 8.53. The summed E-state index contributed by atoms with van der Waals surface area (Å²) in [6.07, 6.45) is 1.18. The molecule has 1 aromatic rings. The van der Waals surface area contributed by atoms with Gasteiger partial charge in [-0.05, 0) is 25.8 Å². The molecular formula is C15H24N2O. The molecule has 3 nitrogen and oxygen atoms in total. The molecule has 1 aromatic carbocycles. The Morgan fingerprint density at radius 2 is 2.06 bits per heavy atom. The Bertz CT molecular complexity index is 359. The van der Waals surface area contributed by atoms with Gasteiger partial charge in [0.05, 0.1) is 12.7 Å². The SMILES string of the molecule is CC(C)(N)CC1CN(Cc2ccccc2)CCO1. The minimum Gasteiger partial charge on any atom is -0.375 e. The van der Waals surface area contributed by atoms with Crippen LogP contribution in [0.25, 0.3) is 0 Å². The zero-order chi connectivity index (χ0) is 13.0. The third-order valence-electron chi connectivity index (χ3n) is 3.23. The lowest BCUT2D eigenvalue weighted by molar-refractivity contribution is -0.0421. The highest BCUT2D eigenvalue weighted by Gasteiger charge is 2.25. The molecule has 0 amide bonds. The van der Waals surface area contributed by atoms with Gasteiger partial charge in [0.2, 0.25) is 0 Å². The lowest BCUT2D eigenvalue weighted by Crippen LogP contribution is -2.46. The van der Waals surface area contributed by atoms with Gasteiger partial charge in [-0.3, -0.25) is 4.90 Å². The molecule has 1 heterocycles. The van der Waals surface area contributed by atoms with Crippen LogP contribution >= 0.6 is 0 Å². The molecule has 1 saturated heterocycles. The van der Waals surface area contributed by atoms with Crippen LogP contribution in [0.1, 0.15) is 25.8 Å². The molecule has 1 aliphatic rings. The van der Waals surface area contributed by atoms with Crippen molar-refractivity contribution in [2.24, 2.45) is 5.73 Å². The third kappa shape index (κ3) is 4.41. The van der Waals surface area contributed by atoms with Crippen LogP contribution in [0, 0.1) is 0 Å². The predicted molar refractivity (Wildman–Crippen MR) is 74.3 cm³/mol. The molecular weight excluding hydrogens is 224 g/mol. The van der Waals surface area contributed by atoms with Gasteiger partial charge in [0.1, 0.15) is 0 Å². The van der Waals surface area contributed by atoms with Crippen molar-refractivity contribution < 1.29 is 4.74 Å². The highest BCUT2D eigenvalue weighted by atomic mass is 16.5. The summed E-state index contributed by atoms with van der Waals surface area (Å²) in [5.41, 5.74) is 7.28. The second-order valence-corrected chi connectivity index (χ2v) is 5.91. The lowest BCUT2D eigenvalue weighted by Gasteiger charge is -2.35. The fraction of sp³-hybridized carbons (Fsp3) is 0.600. The third-order valence-corrected chi connectivity index (χ3v) is 3.23. The summed E-state index contributed by atoms with van der Waals surface area (Å²) in [6, 6.07) is 10.6. The molecule has 0 aromatic heterocycles. The summed E-state index contributed by atoms with van der Waals surface area (Å²) in [4.78, 5) is 2.45. The number of rotatable bonds is 4. The maximum Gasteiger partial charge on any atom is 0.0720 e. The number of hydrogen-bond donors (Lipinski definition) is 1. The van der Waals surface area contributed by atoms with Gasteiger partial charge in [0.15, 0.2) is 0 Å². The van der Waals surface area contributed by atoms with Crippen molar-refractivity contribution >= 4 is 0 Å². The molecule has 100 valence electrons. The lowest BCUT2D eigenvalue weighted by atomic mass is 9.97. The molecule has 2 N–H and O–H groups in total. The fourth-order valence-corrected chi connectivity index (χ4v) is 2.48. The highest BCUT2D eigenvalue weighted by Crippen LogP contribution is 2.17. The first kappa shape index (κ1) is 13.5. The molecule has 3 heteroatoms. The molecule has 1 fully saturated rings. The molecule has 0 saturated carbocycles. The average molecular weight is 248 g/mol. The number of benzene rings is 1. The Hall–Kier alpha value is -0.900. The van der Waals surface area contributed by atoms with E-state index in [0.29, 0.717) is 0 Å². The summed E-state index contributed by atoms with van der Waals surface area (Å²) in [5.74, 6) is 0. The van der Waals surface area contributed by atoms with Gasteiger partial charge < -0.3 is 10.5 Å². The van der Waals surface area contributed by atoms with Crippen LogP contribution in [-0.2, 0) is 11.3 Å². The van der Waals surface area contributed by atoms with E-state index in [1.807, 2.05) is 0 Å². The monoisotopic (exact) mass is 248 g/mol. The largest absolute Gasteiger partial charge is 0.375 e. The second kappa shape index (κ2) is 5.83. The number of nitrogens with zero attached hydrogens (tertiary/aromatic N) is 1. The van der Waals surface area contributed by atoms with E-state index in [2.05, 4.69) is 49.1 Å².